The van der Waals surface area contributed by atoms with Crippen molar-refractivity contribution in [1.82, 2.24) is 25.1 Å². The highest BCUT2D eigenvalue weighted by molar-refractivity contribution is 5.68. The van der Waals surface area contributed by atoms with E-state index in [0.717, 1.165) is 55.0 Å². The van der Waals surface area contributed by atoms with Gasteiger partial charge < -0.3 is 9.64 Å². The molecule has 2 aromatic rings. The lowest BCUT2D eigenvalue weighted by molar-refractivity contribution is 0.0184. The van der Waals surface area contributed by atoms with E-state index in [-0.39, 0.29) is 6.09 Å². The number of aromatic nitrogens is 4. The van der Waals surface area contributed by atoms with Gasteiger partial charge in [-0.3, -0.25) is 10.1 Å². The molecule has 0 aromatic carbocycles. The topological polar surface area (TPSA) is 84.0 Å². The first-order valence-corrected chi connectivity index (χ1v) is 9.11. The normalized spacial score (nSPS) is 15.9. The van der Waals surface area contributed by atoms with Gasteiger partial charge in [0.2, 0.25) is 0 Å². The summed E-state index contributed by atoms with van der Waals surface area (Å²) in [6.45, 7) is 9.12. The van der Waals surface area contributed by atoms with Crippen LogP contribution in [0.3, 0.4) is 0 Å². The molecule has 0 radical (unpaired) electrons. The molecule has 0 spiro atoms. The Balaban J connectivity index is 1.57. The van der Waals surface area contributed by atoms with Gasteiger partial charge in [0.1, 0.15) is 5.60 Å². The maximum Gasteiger partial charge on any atom is 0.410 e. The fraction of sp³-hybridized carbons (Fsp3) is 0.579. The third kappa shape index (κ3) is 4.59. The van der Waals surface area contributed by atoms with Gasteiger partial charge in [-0.2, -0.15) is 5.10 Å². The van der Waals surface area contributed by atoms with Gasteiger partial charge >= 0.3 is 6.09 Å². The fourth-order valence-electron chi connectivity index (χ4n) is 3.19. The van der Waals surface area contributed by atoms with Crippen LogP contribution in [0.4, 0.5) is 4.79 Å². The molecule has 1 amide bonds. The van der Waals surface area contributed by atoms with Crippen molar-refractivity contribution in [2.45, 2.75) is 52.6 Å². The molecule has 7 heteroatoms. The number of ether oxygens (including phenoxy) is 1. The Morgan fingerprint density at radius 3 is 2.62 bits per heavy atom. The second-order valence-corrected chi connectivity index (χ2v) is 7.92. The predicted octanol–water partition coefficient (Wildman–Crippen LogP) is 3.36. The van der Waals surface area contributed by atoms with E-state index in [4.69, 9.17) is 9.72 Å². The van der Waals surface area contributed by atoms with Crippen LogP contribution in [0, 0.1) is 12.8 Å². The van der Waals surface area contributed by atoms with Crippen LogP contribution in [0.25, 0.3) is 11.3 Å². The van der Waals surface area contributed by atoms with Crippen LogP contribution in [0.1, 0.15) is 45.0 Å². The molecule has 26 heavy (non-hydrogen) atoms. The van der Waals surface area contributed by atoms with Gasteiger partial charge in [-0.1, -0.05) is 0 Å². The van der Waals surface area contributed by atoms with E-state index in [0.29, 0.717) is 5.92 Å². The monoisotopic (exact) mass is 357 g/mol. The summed E-state index contributed by atoms with van der Waals surface area (Å²) in [5, 5.41) is 6.98. The number of aryl methyl sites for hydroxylation is 1. The van der Waals surface area contributed by atoms with Crippen molar-refractivity contribution < 1.29 is 9.53 Å². The number of nitrogens with one attached hydrogen (secondary N) is 1. The van der Waals surface area contributed by atoms with E-state index >= 15 is 0 Å². The van der Waals surface area contributed by atoms with Gasteiger partial charge in [0.25, 0.3) is 0 Å². The summed E-state index contributed by atoms with van der Waals surface area (Å²) >= 11 is 0. The first kappa shape index (κ1) is 18.4. The minimum atomic E-state index is -0.449. The van der Waals surface area contributed by atoms with Crippen LogP contribution in [-0.2, 0) is 11.2 Å². The SMILES string of the molecule is Cc1[nH]ncc1-c1cncc(CC2CCN(C(=O)OC(C)(C)C)CC2)n1. The number of nitrogens with zero attached hydrogens (tertiary/aromatic N) is 4. The number of likely N-dealkylation sites (tertiary alicyclic amines) is 1. The molecule has 0 unspecified atom stereocenters. The Hall–Kier alpha value is -2.44. The first-order valence-electron chi connectivity index (χ1n) is 9.11. The zero-order valence-corrected chi connectivity index (χ0v) is 16.0. The standard InChI is InChI=1S/C19H27N5O2/c1-13-16(11-21-23-13)17-12-20-10-15(22-17)9-14-5-7-24(8-6-14)18(25)26-19(2,3)4/h10-12,14H,5-9H2,1-4H3,(H,21,23). The molecule has 2 aromatic heterocycles. The minimum absolute atomic E-state index is 0.215. The molecule has 1 fully saturated rings. The molecule has 0 aliphatic carbocycles. The first-order chi connectivity index (χ1) is 12.3. The van der Waals surface area contributed by atoms with Crippen LogP contribution in [-0.4, -0.2) is 49.8 Å². The van der Waals surface area contributed by atoms with Gasteiger partial charge in [0.05, 0.1) is 23.8 Å². The van der Waals surface area contributed by atoms with E-state index < -0.39 is 5.60 Å². The lowest BCUT2D eigenvalue weighted by Gasteiger charge is -2.33. The zero-order valence-electron chi connectivity index (χ0n) is 16.0. The Labute approximate surface area is 154 Å². The number of hydrogen-bond donors (Lipinski definition) is 1. The van der Waals surface area contributed by atoms with Crippen molar-refractivity contribution in [3.63, 3.8) is 0 Å². The van der Waals surface area contributed by atoms with Crippen molar-refractivity contribution in [3.05, 3.63) is 30.0 Å². The average Bonchev–Trinajstić information content (AvgIpc) is 3.00. The molecule has 3 heterocycles. The number of carbonyl (C=O) groups excluding carboxylic acids is 1. The Morgan fingerprint density at radius 2 is 2.00 bits per heavy atom. The van der Waals surface area contributed by atoms with Gasteiger partial charge in [-0.05, 0) is 52.9 Å². The number of aromatic amines is 1. The maximum absolute atomic E-state index is 12.2. The van der Waals surface area contributed by atoms with Crippen LogP contribution in [0.2, 0.25) is 0 Å². The number of hydrogen-bond acceptors (Lipinski definition) is 5. The van der Waals surface area contributed by atoms with Crippen LogP contribution < -0.4 is 0 Å². The second kappa shape index (κ2) is 7.43. The van der Waals surface area contributed by atoms with Crippen molar-refractivity contribution in [3.8, 4) is 11.3 Å². The van der Waals surface area contributed by atoms with Crippen molar-refractivity contribution in [2.24, 2.45) is 5.92 Å². The molecule has 1 N–H and O–H groups in total. The quantitative estimate of drug-likeness (QED) is 0.910. The van der Waals surface area contributed by atoms with E-state index in [1.807, 2.05) is 33.9 Å². The highest BCUT2D eigenvalue weighted by Gasteiger charge is 2.27. The summed E-state index contributed by atoms with van der Waals surface area (Å²) in [5.74, 6) is 0.503. The molecule has 0 bridgehead atoms. The lowest BCUT2D eigenvalue weighted by Crippen LogP contribution is -2.42. The summed E-state index contributed by atoms with van der Waals surface area (Å²) in [6.07, 6.45) is 7.95. The van der Waals surface area contributed by atoms with E-state index in [1.165, 1.54) is 0 Å². The van der Waals surface area contributed by atoms with Crippen molar-refractivity contribution >= 4 is 6.09 Å². The van der Waals surface area contributed by atoms with E-state index in [1.54, 1.807) is 17.3 Å². The average molecular weight is 357 g/mol. The number of H-pyrrole nitrogens is 1. The molecular weight excluding hydrogens is 330 g/mol. The van der Waals surface area contributed by atoms with Crippen LogP contribution >= 0.6 is 0 Å². The molecule has 1 aliphatic rings. The Bertz CT molecular complexity index is 757. The second-order valence-electron chi connectivity index (χ2n) is 7.92. The summed E-state index contributed by atoms with van der Waals surface area (Å²) in [7, 11) is 0. The molecule has 140 valence electrons. The summed E-state index contributed by atoms with van der Waals surface area (Å²) < 4.78 is 5.45. The van der Waals surface area contributed by atoms with Gasteiger partial charge in [-0.15, -0.1) is 0 Å². The molecular formula is C19H27N5O2. The highest BCUT2D eigenvalue weighted by Crippen LogP contribution is 2.24. The lowest BCUT2D eigenvalue weighted by atomic mass is 9.92. The van der Waals surface area contributed by atoms with Crippen LogP contribution in [0.5, 0.6) is 0 Å². The van der Waals surface area contributed by atoms with E-state index in [2.05, 4.69) is 15.2 Å². The number of piperidine rings is 1. The molecule has 1 saturated heterocycles. The van der Waals surface area contributed by atoms with Gasteiger partial charge in [0, 0.05) is 30.5 Å². The molecule has 0 saturated carbocycles. The third-order valence-electron chi connectivity index (χ3n) is 4.55. The summed E-state index contributed by atoms with van der Waals surface area (Å²) in [5.41, 5.74) is 3.36. The Kier molecular flexibility index (Phi) is 5.25. The smallest absolute Gasteiger partial charge is 0.410 e. The number of carbonyl (C=O) groups is 1. The number of rotatable bonds is 3. The number of amides is 1. The molecule has 1 aliphatic heterocycles. The zero-order chi connectivity index (χ0) is 18.7. The third-order valence-corrected chi connectivity index (χ3v) is 4.55. The molecule has 0 atom stereocenters. The predicted molar refractivity (Wildman–Crippen MR) is 98.6 cm³/mol. The highest BCUT2D eigenvalue weighted by atomic mass is 16.6. The minimum Gasteiger partial charge on any atom is -0.444 e. The summed E-state index contributed by atoms with van der Waals surface area (Å²) in [4.78, 5) is 23.1. The Morgan fingerprint density at radius 1 is 1.27 bits per heavy atom. The van der Waals surface area contributed by atoms with Gasteiger partial charge in [-0.25, -0.2) is 9.78 Å². The summed E-state index contributed by atoms with van der Waals surface area (Å²) in [6, 6.07) is 0. The van der Waals surface area contributed by atoms with Gasteiger partial charge in [0.15, 0.2) is 0 Å². The van der Waals surface area contributed by atoms with E-state index in [9.17, 15) is 4.79 Å². The van der Waals surface area contributed by atoms with Crippen molar-refractivity contribution in [2.75, 3.05) is 13.1 Å². The fourth-order valence-corrected chi connectivity index (χ4v) is 3.19. The largest absolute Gasteiger partial charge is 0.444 e. The maximum atomic E-state index is 12.2. The molecule has 3 rings (SSSR count). The van der Waals surface area contributed by atoms with Crippen molar-refractivity contribution in [1.29, 1.82) is 0 Å². The van der Waals surface area contributed by atoms with Crippen LogP contribution in [0.15, 0.2) is 18.6 Å². The molecule has 7 nitrogen and oxygen atoms in total.